The third kappa shape index (κ3) is 5.90. The SMILES string of the molecule is Cc1ccc(NC(=O)/C(Oc2ccc(-c3ccccc3)cc2)=C(\C=N)N2CCN(C(N)=O)CC2)cc1. The number of piperazine rings is 1. The number of ether oxygens (including phenoxy) is 1. The van der Waals surface area contributed by atoms with Gasteiger partial charge in [0.25, 0.3) is 5.91 Å². The molecule has 3 aromatic rings. The van der Waals surface area contributed by atoms with Gasteiger partial charge in [-0.3, -0.25) is 4.79 Å². The van der Waals surface area contributed by atoms with Gasteiger partial charge in [-0.05, 0) is 42.3 Å². The van der Waals surface area contributed by atoms with E-state index in [0.29, 0.717) is 43.3 Å². The number of allylic oxidation sites excluding steroid dienone is 1. The molecule has 36 heavy (non-hydrogen) atoms. The number of urea groups is 1. The molecule has 0 bridgehead atoms. The molecule has 0 atom stereocenters. The largest absolute Gasteiger partial charge is 0.449 e. The van der Waals surface area contributed by atoms with E-state index in [0.717, 1.165) is 22.9 Å². The number of aryl methyl sites for hydroxylation is 1. The summed E-state index contributed by atoms with van der Waals surface area (Å²) in [5.74, 6) is 0.00578. The zero-order valence-corrected chi connectivity index (χ0v) is 20.1. The number of hydrogen-bond acceptors (Lipinski definition) is 5. The third-order valence-corrected chi connectivity index (χ3v) is 6.00. The second kappa shape index (κ2) is 11.2. The molecule has 1 aliphatic heterocycles. The van der Waals surface area contributed by atoms with E-state index in [-0.39, 0.29) is 5.76 Å². The molecule has 0 saturated carbocycles. The molecule has 3 amide bonds. The molecular formula is C28H29N5O3. The number of carbonyl (C=O) groups excluding carboxylic acids is 2. The lowest BCUT2D eigenvalue weighted by molar-refractivity contribution is -0.115. The molecule has 0 radical (unpaired) electrons. The average molecular weight is 484 g/mol. The Kier molecular flexibility index (Phi) is 7.65. The molecule has 1 heterocycles. The maximum absolute atomic E-state index is 13.4. The van der Waals surface area contributed by atoms with Crippen LogP contribution < -0.4 is 15.8 Å². The Hall–Kier alpha value is -4.59. The Bertz CT molecular complexity index is 1250. The van der Waals surface area contributed by atoms with Crippen LogP contribution in [0.15, 0.2) is 90.3 Å². The summed E-state index contributed by atoms with van der Waals surface area (Å²) < 4.78 is 6.11. The number of rotatable bonds is 7. The number of hydrogen-bond donors (Lipinski definition) is 3. The lowest BCUT2D eigenvalue weighted by Gasteiger charge is -2.35. The van der Waals surface area contributed by atoms with Crippen LogP contribution in [-0.4, -0.2) is 54.1 Å². The molecule has 0 unspecified atom stereocenters. The smallest absolute Gasteiger partial charge is 0.314 e. The first-order valence-electron chi connectivity index (χ1n) is 11.7. The summed E-state index contributed by atoms with van der Waals surface area (Å²) in [6.07, 6.45) is 1.11. The lowest BCUT2D eigenvalue weighted by atomic mass is 10.1. The monoisotopic (exact) mass is 483 g/mol. The molecule has 0 aromatic heterocycles. The van der Waals surface area contributed by atoms with Gasteiger partial charge in [0.2, 0.25) is 5.76 Å². The molecule has 1 fully saturated rings. The molecule has 1 saturated heterocycles. The third-order valence-electron chi connectivity index (χ3n) is 6.00. The minimum Gasteiger partial charge on any atom is -0.449 e. The molecule has 8 nitrogen and oxygen atoms in total. The van der Waals surface area contributed by atoms with Crippen LogP contribution in [0.3, 0.4) is 0 Å². The van der Waals surface area contributed by atoms with Crippen molar-refractivity contribution in [1.29, 1.82) is 5.41 Å². The number of carbonyl (C=O) groups is 2. The van der Waals surface area contributed by atoms with E-state index in [1.165, 1.54) is 4.90 Å². The van der Waals surface area contributed by atoms with Crippen molar-refractivity contribution in [2.75, 3.05) is 31.5 Å². The highest BCUT2D eigenvalue weighted by Crippen LogP contribution is 2.25. The summed E-state index contributed by atoms with van der Waals surface area (Å²) in [6.45, 7) is 3.60. The summed E-state index contributed by atoms with van der Waals surface area (Å²) in [7, 11) is 0. The predicted octanol–water partition coefficient (Wildman–Crippen LogP) is 4.24. The Balaban J connectivity index is 1.62. The Morgan fingerprint density at radius 3 is 2.03 bits per heavy atom. The second-order valence-corrected chi connectivity index (χ2v) is 8.48. The van der Waals surface area contributed by atoms with E-state index >= 15 is 0 Å². The molecule has 0 spiro atoms. The number of nitrogens with two attached hydrogens (primary N) is 1. The molecule has 4 N–H and O–H groups in total. The van der Waals surface area contributed by atoms with E-state index in [2.05, 4.69) is 5.32 Å². The first-order chi connectivity index (χ1) is 17.4. The lowest BCUT2D eigenvalue weighted by Crippen LogP contribution is -2.50. The molecule has 8 heteroatoms. The molecule has 3 aromatic carbocycles. The van der Waals surface area contributed by atoms with Crippen LogP contribution in [0.1, 0.15) is 5.56 Å². The summed E-state index contributed by atoms with van der Waals surface area (Å²) in [6, 6.07) is 24.4. The van der Waals surface area contributed by atoms with E-state index < -0.39 is 11.9 Å². The first-order valence-corrected chi connectivity index (χ1v) is 11.7. The summed E-state index contributed by atoms with van der Waals surface area (Å²) in [4.78, 5) is 28.3. The van der Waals surface area contributed by atoms with Crippen LogP contribution in [0.5, 0.6) is 5.75 Å². The fourth-order valence-corrected chi connectivity index (χ4v) is 3.97. The Morgan fingerprint density at radius 2 is 1.44 bits per heavy atom. The van der Waals surface area contributed by atoms with Crippen LogP contribution in [0.25, 0.3) is 11.1 Å². The summed E-state index contributed by atoms with van der Waals surface area (Å²) in [5.41, 5.74) is 9.52. The van der Waals surface area contributed by atoms with Crippen LogP contribution in [-0.2, 0) is 4.79 Å². The van der Waals surface area contributed by atoms with Crippen molar-refractivity contribution in [1.82, 2.24) is 9.80 Å². The predicted molar refractivity (Wildman–Crippen MR) is 141 cm³/mol. The van der Waals surface area contributed by atoms with E-state index in [4.69, 9.17) is 15.9 Å². The van der Waals surface area contributed by atoms with Crippen LogP contribution in [0.4, 0.5) is 10.5 Å². The fraction of sp³-hybridized carbons (Fsp3) is 0.179. The zero-order chi connectivity index (χ0) is 25.5. The number of nitrogens with one attached hydrogen (secondary N) is 2. The minimum atomic E-state index is -0.484. The second-order valence-electron chi connectivity index (χ2n) is 8.48. The molecule has 1 aliphatic rings. The Morgan fingerprint density at radius 1 is 0.861 bits per heavy atom. The van der Waals surface area contributed by atoms with Gasteiger partial charge in [0.05, 0.1) is 0 Å². The highest BCUT2D eigenvalue weighted by Gasteiger charge is 2.26. The summed E-state index contributed by atoms with van der Waals surface area (Å²) >= 11 is 0. The van der Waals surface area contributed by atoms with Gasteiger partial charge in [-0.2, -0.15) is 0 Å². The first kappa shape index (κ1) is 24.5. The maximum Gasteiger partial charge on any atom is 0.314 e. The van der Waals surface area contributed by atoms with Crippen LogP contribution >= 0.6 is 0 Å². The van der Waals surface area contributed by atoms with Crippen molar-refractivity contribution >= 4 is 23.8 Å². The quantitative estimate of drug-likeness (QED) is 0.265. The van der Waals surface area contributed by atoms with Crippen molar-refractivity contribution in [2.45, 2.75) is 6.92 Å². The number of anilines is 1. The molecular weight excluding hydrogens is 454 g/mol. The molecule has 4 rings (SSSR count). The molecule has 0 aliphatic carbocycles. The van der Waals surface area contributed by atoms with Gasteiger partial charge in [0.15, 0.2) is 0 Å². The van der Waals surface area contributed by atoms with E-state index in [1.807, 2.05) is 78.6 Å². The highest BCUT2D eigenvalue weighted by atomic mass is 16.5. The highest BCUT2D eigenvalue weighted by molar-refractivity contribution is 6.06. The zero-order valence-electron chi connectivity index (χ0n) is 20.1. The van der Waals surface area contributed by atoms with Gasteiger partial charge in [-0.25, -0.2) is 4.79 Å². The number of nitrogens with zero attached hydrogens (tertiary/aromatic N) is 2. The average Bonchev–Trinajstić information content (AvgIpc) is 2.91. The molecule has 184 valence electrons. The van der Waals surface area contributed by atoms with E-state index in [9.17, 15) is 9.59 Å². The van der Waals surface area contributed by atoms with Crippen molar-refractivity contribution in [3.63, 3.8) is 0 Å². The Labute approximate surface area is 210 Å². The topological polar surface area (TPSA) is 112 Å². The van der Waals surface area contributed by atoms with Gasteiger partial charge in [0, 0.05) is 38.1 Å². The number of benzene rings is 3. The van der Waals surface area contributed by atoms with Gasteiger partial charge in [-0.1, -0.05) is 60.2 Å². The summed E-state index contributed by atoms with van der Waals surface area (Å²) in [5, 5.41) is 11.0. The van der Waals surface area contributed by atoms with Gasteiger partial charge in [-0.15, -0.1) is 0 Å². The maximum atomic E-state index is 13.4. The van der Waals surface area contributed by atoms with Crippen molar-refractivity contribution in [3.8, 4) is 16.9 Å². The van der Waals surface area contributed by atoms with Crippen molar-refractivity contribution in [2.24, 2.45) is 5.73 Å². The van der Waals surface area contributed by atoms with Crippen molar-refractivity contribution < 1.29 is 14.3 Å². The standard InChI is InChI=1S/C28H29N5O3/c1-20-7-11-23(12-8-20)31-27(34)26(25(19-29)32-15-17-33(18-16-32)28(30)35)36-24-13-9-22(10-14-24)21-5-3-2-4-6-21/h2-14,19,29H,15-18H2,1H3,(H2,30,35)(H,31,34)/b26-25-,29-19?. The van der Waals surface area contributed by atoms with Crippen molar-refractivity contribution in [3.05, 3.63) is 95.9 Å². The number of amides is 3. The normalized spacial score (nSPS) is 14.0. The van der Waals surface area contributed by atoms with Crippen LogP contribution in [0, 0.1) is 12.3 Å². The van der Waals surface area contributed by atoms with Gasteiger partial charge in [0.1, 0.15) is 11.4 Å². The van der Waals surface area contributed by atoms with Crippen LogP contribution in [0.2, 0.25) is 0 Å². The minimum absolute atomic E-state index is 0.00515. The fourth-order valence-electron chi connectivity index (χ4n) is 3.97. The van der Waals surface area contributed by atoms with Gasteiger partial charge >= 0.3 is 6.03 Å². The van der Waals surface area contributed by atoms with E-state index in [1.54, 1.807) is 12.1 Å². The number of primary amides is 1. The van der Waals surface area contributed by atoms with Gasteiger partial charge < -0.3 is 31.0 Å².